The van der Waals surface area contributed by atoms with E-state index in [2.05, 4.69) is 15.6 Å². The SMILES string of the molecule is CC(C)[C@@H](NC(=O)OCc1ccccc1)C(=O)NCCCn1ccnc1. The molecule has 0 bridgehead atoms. The molecule has 0 saturated carbocycles. The van der Waals surface area contributed by atoms with Crippen molar-refractivity contribution in [3.8, 4) is 0 Å². The Bertz CT molecular complexity index is 671. The maximum Gasteiger partial charge on any atom is 0.408 e. The van der Waals surface area contributed by atoms with E-state index < -0.39 is 12.1 Å². The smallest absolute Gasteiger partial charge is 0.408 e. The van der Waals surface area contributed by atoms with Crippen LogP contribution in [-0.4, -0.2) is 34.1 Å². The highest BCUT2D eigenvalue weighted by atomic mass is 16.5. The third-order valence-electron chi connectivity index (χ3n) is 3.89. The molecule has 0 radical (unpaired) electrons. The number of alkyl carbamates (subject to hydrolysis) is 1. The Morgan fingerprint density at radius 2 is 2.00 bits per heavy atom. The Morgan fingerprint density at radius 1 is 1.23 bits per heavy atom. The van der Waals surface area contributed by atoms with Gasteiger partial charge in [-0.1, -0.05) is 44.2 Å². The van der Waals surface area contributed by atoms with E-state index >= 15 is 0 Å². The Labute approximate surface area is 153 Å². The van der Waals surface area contributed by atoms with E-state index in [1.54, 1.807) is 12.5 Å². The number of nitrogens with zero attached hydrogens (tertiary/aromatic N) is 2. The molecule has 0 unspecified atom stereocenters. The molecule has 2 amide bonds. The van der Waals surface area contributed by atoms with Crippen LogP contribution in [0.3, 0.4) is 0 Å². The van der Waals surface area contributed by atoms with E-state index in [1.165, 1.54) is 0 Å². The summed E-state index contributed by atoms with van der Waals surface area (Å²) < 4.78 is 7.14. The Morgan fingerprint density at radius 3 is 2.65 bits per heavy atom. The molecule has 0 aliphatic carbocycles. The first-order valence-corrected chi connectivity index (χ1v) is 8.77. The van der Waals surface area contributed by atoms with Crippen LogP contribution in [0, 0.1) is 5.92 Å². The fourth-order valence-corrected chi connectivity index (χ4v) is 2.43. The van der Waals surface area contributed by atoms with Gasteiger partial charge in [-0.3, -0.25) is 4.79 Å². The van der Waals surface area contributed by atoms with E-state index in [4.69, 9.17) is 4.74 Å². The Kier molecular flexibility index (Phi) is 7.67. The van der Waals surface area contributed by atoms with Crippen molar-refractivity contribution in [1.82, 2.24) is 20.2 Å². The normalized spacial score (nSPS) is 11.8. The summed E-state index contributed by atoms with van der Waals surface area (Å²) in [6, 6.07) is 8.78. The summed E-state index contributed by atoms with van der Waals surface area (Å²) in [4.78, 5) is 28.3. The second-order valence-electron chi connectivity index (χ2n) is 6.37. The van der Waals surface area contributed by atoms with E-state index in [0.29, 0.717) is 6.54 Å². The predicted molar refractivity (Wildman–Crippen MR) is 98.2 cm³/mol. The van der Waals surface area contributed by atoms with E-state index in [1.807, 2.05) is 54.9 Å². The van der Waals surface area contributed by atoms with Gasteiger partial charge >= 0.3 is 6.09 Å². The number of hydrogen-bond donors (Lipinski definition) is 2. The van der Waals surface area contributed by atoms with Crippen molar-refractivity contribution in [2.75, 3.05) is 6.54 Å². The number of benzene rings is 1. The first kappa shape index (κ1) is 19.5. The number of rotatable bonds is 9. The minimum Gasteiger partial charge on any atom is -0.445 e. The number of hydrogen-bond acceptors (Lipinski definition) is 4. The van der Waals surface area contributed by atoms with E-state index in [0.717, 1.165) is 18.5 Å². The Balaban J connectivity index is 1.73. The van der Waals surface area contributed by atoms with Gasteiger partial charge < -0.3 is 19.9 Å². The van der Waals surface area contributed by atoms with Crippen LogP contribution >= 0.6 is 0 Å². The third-order valence-corrected chi connectivity index (χ3v) is 3.89. The van der Waals surface area contributed by atoms with Gasteiger partial charge in [0.1, 0.15) is 12.6 Å². The molecule has 140 valence electrons. The van der Waals surface area contributed by atoms with Gasteiger partial charge in [0, 0.05) is 25.5 Å². The number of ether oxygens (including phenoxy) is 1. The standard InChI is InChI=1S/C19H26N4O3/c1-15(2)17(18(24)21-9-6-11-23-12-10-20-14-23)22-19(25)26-13-16-7-4-3-5-8-16/h3-5,7-8,10,12,14-15,17H,6,9,11,13H2,1-2H3,(H,21,24)(H,22,25)/t17-/m1/s1. The summed E-state index contributed by atoms with van der Waals surface area (Å²) in [6.45, 7) is 5.24. The molecule has 2 N–H and O–H groups in total. The number of aromatic nitrogens is 2. The van der Waals surface area contributed by atoms with Gasteiger partial charge in [0.2, 0.25) is 5.91 Å². The molecule has 0 fully saturated rings. The highest BCUT2D eigenvalue weighted by Crippen LogP contribution is 2.05. The highest BCUT2D eigenvalue weighted by molar-refractivity contribution is 5.85. The largest absolute Gasteiger partial charge is 0.445 e. The first-order chi connectivity index (χ1) is 12.6. The quantitative estimate of drug-likeness (QED) is 0.674. The highest BCUT2D eigenvalue weighted by Gasteiger charge is 2.24. The maximum absolute atomic E-state index is 12.4. The summed E-state index contributed by atoms with van der Waals surface area (Å²) >= 11 is 0. The summed E-state index contributed by atoms with van der Waals surface area (Å²) in [7, 11) is 0. The molecule has 1 aromatic heterocycles. The summed E-state index contributed by atoms with van der Waals surface area (Å²) in [5, 5.41) is 5.52. The van der Waals surface area contributed by atoms with Gasteiger partial charge in [-0.25, -0.2) is 9.78 Å². The minimum atomic E-state index is -0.633. The van der Waals surface area contributed by atoms with Crippen LogP contribution in [-0.2, 0) is 22.7 Å². The van der Waals surface area contributed by atoms with Crippen LogP contribution < -0.4 is 10.6 Å². The zero-order valence-corrected chi connectivity index (χ0v) is 15.2. The van der Waals surface area contributed by atoms with Crippen molar-refractivity contribution in [2.45, 2.75) is 39.5 Å². The van der Waals surface area contributed by atoms with Crippen molar-refractivity contribution in [2.24, 2.45) is 5.92 Å². The molecule has 0 saturated heterocycles. The first-order valence-electron chi connectivity index (χ1n) is 8.77. The lowest BCUT2D eigenvalue weighted by molar-refractivity contribution is -0.124. The van der Waals surface area contributed by atoms with Crippen LogP contribution in [0.25, 0.3) is 0 Å². The minimum absolute atomic E-state index is 0.0482. The maximum atomic E-state index is 12.4. The lowest BCUT2D eigenvalue weighted by Gasteiger charge is -2.21. The second kappa shape index (κ2) is 10.2. The Hall–Kier alpha value is -2.83. The van der Waals surface area contributed by atoms with E-state index in [9.17, 15) is 9.59 Å². The molecule has 26 heavy (non-hydrogen) atoms. The molecular formula is C19H26N4O3. The lowest BCUT2D eigenvalue weighted by Crippen LogP contribution is -2.50. The molecule has 2 aromatic rings. The van der Waals surface area contributed by atoms with Crippen LogP contribution in [0.4, 0.5) is 4.79 Å². The van der Waals surface area contributed by atoms with Gasteiger partial charge in [0.25, 0.3) is 0 Å². The molecule has 0 aliphatic heterocycles. The average Bonchev–Trinajstić information content (AvgIpc) is 3.15. The molecule has 0 spiro atoms. The number of amides is 2. The van der Waals surface area contributed by atoms with Gasteiger partial charge in [-0.2, -0.15) is 0 Å². The van der Waals surface area contributed by atoms with Gasteiger partial charge in [0.15, 0.2) is 0 Å². The summed E-state index contributed by atoms with van der Waals surface area (Å²) in [5.74, 6) is -0.254. The van der Waals surface area contributed by atoms with Crippen molar-refractivity contribution in [1.29, 1.82) is 0 Å². The second-order valence-corrected chi connectivity index (χ2v) is 6.37. The number of aryl methyl sites for hydroxylation is 1. The molecule has 1 heterocycles. The molecule has 1 aromatic carbocycles. The van der Waals surface area contributed by atoms with E-state index in [-0.39, 0.29) is 18.4 Å². The fraction of sp³-hybridized carbons (Fsp3) is 0.421. The number of imidazole rings is 1. The molecule has 1 atom stereocenters. The number of carbonyl (C=O) groups excluding carboxylic acids is 2. The fourth-order valence-electron chi connectivity index (χ4n) is 2.43. The van der Waals surface area contributed by atoms with Gasteiger partial charge in [-0.15, -0.1) is 0 Å². The molecule has 7 heteroatoms. The molecule has 7 nitrogen and oxygen atoms in total. The summed E-state index contributed by atoms with van der Waals surface area (Å²) in [6.07, 6.45) is 5.52. The zero-order valence-electron chi connectivity index (χ0n) is 15.2. The van der Waals surface area contributed by atoms with Gasteiger partial charge in [0.05, 0.1) is 6.33 Å². The van der Waals surface area contributed by atoms with Crippen LogP contribution in [0.1, 0.15) is 25.8 Å². The molecule has 2 rings (SSSR count). The van der Waals surface area contributed by atoms with Gasteiger partial charge in [-0.05, 0) is 17.9 Å². The summed E-state index contributed by atoms with van der Waals surface area (Å²) in [5.41, 5.74) is 0.896. The monoisotopic (exact) mass is 358 g/mol. The van der Waals surface area contributed by atoms with Crippen LogP contribution in [0.15, 0.2) is 49.1 Å². The predicted octanol–water partition coefficient (Wildman–Crippen LogP) is 2.34. The molecular weight excluding hydrogens is 332 g/mol. The average molecular weight is 358 g/mol. The van der Waals surface area contributed by atoms with Crippen molar-refractivity contribution >= 4 is 12.0 Å². The number of carbonyl (C=O) groups is 2. The number of nitrogens with one attached hydrogen (secondary N) is 2. The van der Waals surface area contributed by atoms with Crippen LogP contribution in [0.5, 0.6) is 0 Å². The zero-order chi connectivity index (χ0) is 18.8. The van der Waals surface area contributed by atoms with Crippen molar-refractivity contribution in [3.63, 3.8) is 0 Å². The van der Waals surface area contributed by atoms with Crippen molar-refractivity contribution in [3.05, 3.63) is 54.6 Å². The van der Waals surface area contributed by atoms with Crippen LogP contribution in [0.2, 0.25) is 0 Å². The lowest BCUT2D eigenvalue weighted by atomic mass is 10.0. The molecule has 0 aliphatic rings. The third kappa shape index (κ3) is 6.58. The topological polar surface area (TPSA) is 85.2 Å². The van der Waals surface area contributed by atoms with Crippen molar-refractivity contribution < 1.29 is 14.3 Å².